The first-order valence-electron chi connectivity index (χ1n) is 9.37. The Kier molecular flexibility index (Phi) is 4.28. The zero-order valence-electron chi connectivity index (χ0n) is 14.6. The molecule has 0 spiro atoms. The third-order valence-electron chi connectivity index (χ3n) is 6.44. The van der Waals surface area contributed by atoms with Crippen molar-refractivity contribution in [2.45, 2.75) is 32.2 Å². The molecule has 2 saturated heterocycles. The van der Waals surface area contributed by atoms with Gasteiger partial charge < -0.3 is 10.0 Å². The number of likely N-dealkylation sites (tertiary alicyclic amines) is 2. The number of carboxylic acids is 1. The van der Waals surface area contributed by atoms with Crippen molar-refractivity contribution < 1.29 is 14.7 Å². The molecule has 0 radical (unpaired) electrons. The maximum atomic E-state index is 13.3. The number of hydrogen-bond acceptors (Lipinski definition) is 3. The maximum absolute atomic E-state index is 13.3. The molecule has 1 N–H and O–H groups in total. The Morgan fingerprint density at radius 3 is 2.68 bits per heavy atom. The molecule has 1 aliphatic carbocycles. The first-order chi connectivity index (χ1) is 12.1. The van der Waals surface area contributed by atoms with E-state index in [1.54, 1.807) is 0 Å². The molecular weight excluding hydrogens is 316 g/mol. The molecule has 1 saturated carbocycles. The number of carbonyl (C=O) groups excluding carboxylic acids is 1. The zero-order chi connectivity index (χ0) is 17.4. The lowest BCUT2D eigenvalue weighted by Gasteiger charge is -2.32. The molecule has 1 amide bonds. The van der Waals surface area contributed by atoms with E-state index < -0.39 is 5.97 Å². The highest BCUT2D eigenvalue weighted by atomic mass is 16.4. The Labute approximate surface area is 148 Å². The lowest BCUT2D eigenvalue weighted by atomic mass is 9.79. The second-order valence-corrected chi connectivity index (χ2v) is 7.98. The fraction of sp³-hybridized carbons (Fsp3) is 0.600. The van der Waals surface area contributed by atoms with Crippen LogP contribution in [-0.2, 0) is 16.1 Å². The van der Waals surface area contributed by atoms with Crippen molar-refractivity contribution in [1.29, 1.82) is 0 Å². The molecular formula is C20H26N2O3. The van der Waals surface area contributed by atoms with Crippen LogP contribution in [0.25, 0.3) is 0 Å². The molecule has 2 aliphatic heterocycles. The fourth-order valence-corrected chi connectivity index (χ4v) is 5.17. The highest BCUT2D eigenvalue weighted by Crippen LogP contribution is 2.50. The van der Waals surface area contributed by atoms with Crippen molar-refractivity contribution in [2.75, 3.05) is 26.2 Å². The number of carboxylic acid groups (broad SMARTS) is 1. The summed E-state index contributed by atoms with van der Waals surface area (Å²) >= 11 is 0. The normalized spacial score (nSPS) is 32.1. The van der Waals surface area contributed by atoms with Crippen molar-refractivity contribution in [3.8, 4) is 0 Å². The van der Waals surface area contributed by atoms with Gasteiger partial charge in [0.05, 0.1) is 11.3 Å². The molecule has 25 heavy (non-hydrogen) atoms. The van der Waals surface area contributed by atoms with E-state index in [0.29, 0.717) is 25.4 Å². The van der Waals surface area contributed by atoms with E-state index in [2.05, 4.69) is 29.2 Å². The summed E-state index contributed by atoms with van der Waals surface area (Å²) in [5.41, 5.74) is 1.01. The highest BCUT2D eigenvalue weighted by molar-refractivity contribution is 5.85. The van der Waals surface area contributed by atoms with E-state index in [-0.39, 0.29) is 17.2 Å². The van der Waals surface area contributed by atoms with Crippen molar-refractivity contribution in [3.05, 3.63) is 35.9 Å². The van der Waals surface area contributed by atoms with Gasteiger partial charge in [0.25, 0.3) is 0 Å². The second kappa shape index (κ2) is 6.45. The van der Waals surface area contributed by atoms with E-state index in [4.69, 9.17) is 0 Å². The van der Waals surface area contributed by atoms with E-state index in [1.165, 1.54) is 5.56 Å². The molecule has 134 valence electrons. The number of carbonyl (C=O) groups is 2. The van der Waals surface area contributed by atoms with Gasteiger partial charge in [0.2, 0.25) is 5.91 Å². The molecule has 5 heteroatoms. The third-order valence-corrected chi connectivity index (χ3v) is 6.44. The van der Waals surface area contributed by atoms with Gasteiger partial charge >= 0.3 is 5.97 Å². The predicted molar refractivity (Wildman–Crippen MR) is 93.8 cm³/mol. The number of aliphatic carboxylic acids is 1. The van der Waals surface area contributed by atoms with Gasteiger partial charge in [-0.2, -0.15) is 0 Å². The quantitative estimate of drug-likeness (QED) is 0.911. The molecule has 1 unspecified atom stereocenters. The average molecular weight is 342 g/mol. The Morgan fingerprint density at radius 2 is 1.96 bits per heavy atom. The smallest absolute Gasteiger partial charge is 0.308 e. The van der Waals surface area contributed by atoms with E-state index in [0.717, 1.165) is 38.9 Å². The second-order valence-electron chi connectivity index (χ2n) is 7.98. The van der Waals surface area contributed by atoms with Crippen LogP contribution in [0.15, 0.2) is 30.3 Å². The van der Waals surface area contributed by atoms with Crippen LogP contribution in [0.1, 0.15) is 31.2 Å². The number of hydrogen-bond donors (Lipinski definition) is 1. The highest BCUT2D eigenvalue weighted by Gasteiger charge is 2.56. The lowest BCUT2D eigenvalue weighted by Crippen LogP contribution is -2.46. The molecule has 4 rings (SSSR count). The summed E-state index contributed by atoms with van der Waals surface area (Å²) in [6.45, 7) is 3.69. The summed E-state index contributed by atoms with van der Waals surface area (Å²) in [5.74, 6) is -0.517. The molecule has 0 aromatic heterocycles. The van der Waals surface area contributed by atoms with Crippen LogP contribution < -0.4 is 0 Å². The van der Waals surface area contributed by atoms with Crippen LogP contribution in [0, 0.1) is 17.3 Å². The summed E-state index contributed by atoms with van der Waals surface area (Å²) < 4.78 is 0. The molecule has 3 fully saturated rings. The van der Waals surface area contributed by atoms with Gasteiger partial charge in [-0.3, -0.25) is 14.5 Å². The minimum Gasteiger partial charge on any atom is -0.481 e. The van der Waals surface area contributed by atoms with Gasteiger partial charge in [-0.1, -0.05) is 36.8 Å². The van der Waals surface area contributed by atoms with Crippen LogP contribution in [-0.4, -0.2) is 53.0 Å². The van der Waals surface area contributed by atoms with Crippen molar-refractivity contribution in [1.82, 2.24) is 9.80 Å². The summed E-state index contributed by atoms with van der Waals surface area (Å²) in [4.78, 5) is 28.8. The summed E-state index contributed by atoms with van der Waals surface area (Å²) in [6.07, 6.45) is 3.78. The Morgan fingerprint density at radius 1 is 1.16 bits per heavy atom. The Balaban J connectivity index is 1.47. The Bertz CT molecular complexity index is 662. The monoisotopic (exact) mass is 342 g/mol. The van der Waals surface area contributed by atoms with Crippen LogP contribution in [0.4, 0.5) is 0 Å². The average Bonchev–Trinajstić information content (AvgIpc) is 3.29. The van der Waals surface area contributed by atoms with Gasteiger partial charge in [-0.25, -0.2) is 0 Å². The van der Waals surface area contributed by atoms with E-state index in [1.807, 2.05) is 11.0 Å². The summed E-state index contributed by atoms with van der Waals surface area (Å²) in [5, 5.41) is 9.22. The third kappa shape index (κ3) is 2.95. The van der Waals surface area contributed by atoms with Gasteiger partial charge in [0.15, 0.2) is 0 Å². The van der Waals surface area contributed by atoms with Crippen molar-refractivity contribution >= 4 is 11.9 Å². The van der Waals surface area contributed by atoms with Gasteiger partial charge in [0.1, 0.15) is 0 Å². The van der Waals surface area contributed by atoms with Gasteiger partial charge in [0, 0.05) is 32.7 Å². The van der Waals surface area contributed by atoms with Crippen LogP contribution in [0.5, 0.6) is 0 Å². The van der Waals surface area contributed by atoms with Crippen LogP contribution in [0.3, 0.4) is 0 Å². The van der Waals surface area contributed by atoms with Gasteiger partial charge in [-0.15, -0.1) is 0 Å². The zero-order valence-corrected chi connectivity index (χ0v) is 14.6. The number of amides is 1. The molecule has 1 aromatic carbocycles. The summed E-state index contributed by atoms with van der Waals surface area (Å²) in [7, 11) is 0. The SMILES string of the molecule is O=C(O)C1CCN(C(=O)[C@@]23CCC[C@@H]2CN(Cc2ccccc2)C3)C1. The van der Waals surface area contributed by atoms with Gasteiger partial charge in [-0.05, 0) is 30.7 Å². The molecule has 3 atom stereocenters. The van der Waals surface area contributed by atoms with Crippen molar-refractivity contribution in [2.24, 2.45) is 17.3 Å². The molecule has 3 aliphatic rings. The van der Waals surface area contributed by atoms with Crippen LogP contribution in [0.2, 0.25) is 0 Å². The minimum atomic E-state index is -0.770. The first-order valence-corrected chi connectivity index (χ1v) is 9.37. The largest absolute Gasteiger partial charge is 0.481 e. The molecule has 5 nitrogen and oxygen atoms in total. The first kappa shape index (κ1) is 16.6. The number of benzene rings is 1. The van der Waals surface area contributed by atoms with E-state index >= 15 is 0 Å². The number of nitrogens with zero attached hydrogens (tertiary/aromatic N) is 2. The van der Waals surface area contributed by atoms with Crippen molar-refractivity contribution in [3.63, 3.8) is 0 Å². The van der Waals surface area contributed by atoms with E-state index in [9.17, 15) is 14.7 Å². The summed E-state index contributed by atoms with van der Waals surface area (Å²) in [6, 6.07) is 10.4. The molecule has 0 bridgehead atoms. The maximum Gasteiger partial charge on any atom is 0.308 e. The molecule has 1 aromatic rings. The van der Waals surface area contributed by atoms with Crippen LogP contribution >= 0.6 is 0 Å². The number of fused-ring (bicyclic) bond motifs is 1. The standard InChI is InChI=1S/C20H26N2O3/c23-18(24)16-8-10-22(12-16)19(25)20-9-4-7-17(20)13-21(14-20)11-15-5-2-1-3-6-15/h1-3,5-6,16-17H,4,7-14H2,(H,23,24)/t16?,17-,20-/m1/s1. The fourth-order valence-electron chi connectivity index (χ4n) is 5.17. The Hall–Kier alpha value is -1.88. The number of rotatable bonds is 4. The minimum absolute atomic E-state index is 0.217. The predicted octanol–water partition coefficient (Wildman–Crippen LogP) is 2.22. The topological polar surface area (TPSA) is 60.9 Å². The lowest BCUT2D eigenvalue weighted by molar-refractivity contribution is -0.143. The molecule has 2 heterocycles.